The van der Waals surface area contributed by atoms with Gasteiger partial charge in [-0.05, 0) is 42.4 Å². The summed E-state index contributed by atoms with van der Waals surface area (Å²) >= 11 is 6.09. The van der Waals surface area contributed by atoms with Crippen molar-refractivity contribution < 1.29 is 5.11 Å². The highest BCUT2D eigenvalue weighted by Crippen LogP contribution is 2.42. The summed E-state index contributed by atoms with van der Waals surface area (Å²) in [6.45, 7) is 0. The van der Waals surface area contributed by atoms with Crippen molar-refractivity contribution >= 4 is 11.6 Å². The lowest BCUT2D eigenvalue weighted by atomic mass is 9.82. The summed E-state index contributed by atoms with van der Waals surface area (Å²) in [5.41, 5.74) is 1.49. The van der Waals surface area contributed by atoms with Gasteiger partial charge in [0.25, 0.3) is 0 Å². The Balaban J connectivity index is 2.12. The number of benzene rings is 1. The van der Waals surface area contributed by atoms with Gasteiger partial charge in [-0.25, -0.2) is 0 Å². The van der Waals surface area contributed by atoms with Crippen LogP contribution < -0.4 is 0 Å². The monoisotopic (exact) mass is 224 g/mol. The first-order chi connectivity index (χ1) is 7.24. The van der Waals surface area contributed by atoms with E-state index in [9.17, 15) is 5.11 Å². The van der Waals surface area contributed by atoms with E-state index in [1.165, 1.54) is 31.2 Å². The molecule has 1 nitrogen and oxygen atoms in total. The van der Waals surface area contributed by atoms with Crippen molar-refractivity contribution in [3.63, 3.8) is 0 Å². The van der Waals surface area contributed by atoms with Crippen molar-refractivity contribution in [2.75, 3.05) is 5.88 Å². The highest BCUT2D eigenvalue weighted by molar-refractivity contribution is 6.18. The second-order valence-electron chi connectivity index (χ2n) is 4.69. The lowest BCUT2D eigenvalue weighted by molar-refractivity contribution is 0.340. The predicted molar refractivity (Wildman–Crippen MR) is 63.4 cm³/mol. The molecule has 82 valence electrons. The largest absolute Gasteiger partial charge is 0.508 e. The normalized spacial score (nSPS) is 19.3. The Hall–Kier alpha value is -0.690. The van der Waals surface area contributed by atoms with E-state index in [0.29, 0.717) is 5.75 Å². The number of hydrogen-bond donors (Lipinski definition) is 1. The maximum Gasteiger partial charge on any atom is 0.115 e. The van der Waals surface area contributed by atoms with Crippen molar-refractivity contribution in [3.8, 4) is 5.75 Å². The molecule has 15 heavy (non-hydrogen) atoms. The molecule has 1 aromatic carbocycles. The van der Waals surface area contributed by atoms with E-state index < -0.39 is 0 Å². The second kappa shape index (κ2) is 4.44. The molecule has 0 heterocycles. The summed E-state index contributed by atoms with van der Waals surface area (Å²) < 4.78 is 0. The minimum atomic E-state index is 0.287. The fourth-order valence-electron chi connectivity index (χ4n) is 2.58. The van der Waals surface area contributed by atoms with Crippen LogP contribution in [0.5, 0.6) is 5.75 Å². The summed E-state index contributed by atoms with van der Waals surface area (Å²) in [6, 6.07) is 7.55. The maximum atomic E-state index is 9.41. The number of phenols is 1. The first-order valence-corrected chi connectivity index (χ1v) is 6.11. The topological polar surface area (TPSA) is 20.2 Å². The zero-order valence-corrected chi connectivity index (χ0v) is 9.63. The molecule has 0 aliphatic heterocycles. The third-order valence-corrected chi connectivity index (χ3v) is 4.00. The summed E-state index contributed by atoms with van der Waals surface area (Å²) in [6.07, 6.45) is 6.06. The molecule has 0 bridgehead atoms. The highest BCUT2D eigenvalue weighted by atomic mass is 35.5. The van der Waals surface area contributed by atoms with E-state index in [0.717, 1.165) is 12.3 Å². The van der Waals surface area contributed by atoms with Gasteiger partial charge in [-0.3, -0.25) is 0 Å². The quantitative estimate of drug-likeness (QED) is 0.776. The van der Waals surface area contributed by atoms with Gasteiger partial charge in [0.15, 0.2) is 0 Å². The van der Waals surface area contributed by atoms with Gasteiger partial charge in [-0.2, -0.15) is 0 Å². The van der Waals surface area contributed by atoms with Crippen molar-refractivity contribution in [1.29, 1.82) is 0 Å². The molecule has 0 radical (unpaired) electrons. The molecule has 2 heteroatoms. The van der Waals surface area contributed by atoms with Crippen LogP contribution in [0.15, 0.2) is 24.3 Å². The van der Waals surface area contributed by atoms with Crippen LogP contribution in [-0.4, -0.2) is 11.0 Å². The molecule has 0 unspecified atom stereocenters. The Kier molecular flexibility index (Phi) is 3.20. The van der Waals surface area contributed by atoms with Crippen LogP contribution in [0.3, 0.4) is 0 Å². The minimum Gasteiger partial charge on any atom is -0.508 e. The lowest BCUT2D eigenvalue weighted by Gasteiger charge is -2.26. The molecule has 0 aromatic heterocycles. The number of hydrogen-bond acceptors (Lipinski definition) is 1. The fraction of sp³-hybridized carbons (Fsp3) is 0.538. The molecule has 1 aliphatic carbocycles. The first-order valence-electron chi connectivity index (χ1n) is 5.58. The summed E-state index contributed by atoms with van der Waals surface area (Å²) in [7, 11) is 0. The molecule has 1 saturated carbocycles. The number of alkyl halides is 1. The van der Waals surface area contributed by atoms with Crippen LogP contribution in [0.2, 0.25) is 0 Å². The molecule has 1 aromatic rings. The third-order valence-electron chi connectivity index (χ3n) is 3.44. The second-order valence-corrected chi connectivity index (χ2v) is 4.95. The Morgan fingerprint density at radius 3 is 2.60 bits per heavy atom. The van der Waals surface area contributed by atoms with Gasteiger partial charge in [0.05, 0.1) is 0 Å². The molecule has 1 N–H and O–H groups in total. The average Bonchev–Trinajstić information content (AvgIpc) is 2.67. The van der Waals surface area contributed by atoms with Gasteiger partial charge in [0.1, 0.15) is 5.75 Å². The van der Waals surface area contributed by atoms with Crippen LogP contribution in [0.4, 0.5) is 0 Å². The average molecular weight is 225 g/mol. The lowest BCUT2D eigenvalue weighted by Crippen LogP contribution is -2.21. The smallest absolute Gasteiger partial charge is 0.115 e. The van der Waals surface area contributed by atoms with Gasteiger partial charge in [0, 0.05) is 5.88 Å². The fourth-order valence-corrected chi connectivity index (χ4v) is 2.94. The van der Waals surface area contributed by atoms with Gasteiger partial charge >= 0.3 is 0 Å². The van der Waals surface area contributed by atoms with Crippen molar-refractivity contribution in [3.05, 3.63) is 29.8 Å². The van der Waals surface area contributed by atoms with Crippen LogP contribution in [-0.2, 0) is 6.42 Å². The predicted octanol–water partition coefficient (Wildman–Crippen LogP) is 3.73. The van der Waals surface area contributed by atoms with E-state index >= 15 is 0 Å². The van der Waals surface area contributed by atoms with Gasteiger partial charge in [-0.1, -0.05) is 25.0 Å². The molecular formula is C13H17ClO. The van der Waals surface area contributed by atoms with Crippen LogP contribution >= 0.6 is 11.6 Å². The minimum absolute atomic E-state index is 0.287. The SMILES string of the molecule is Oc1cccc(CC2(CCl)CCCC2)c1. The van der Waals surface area contributed by atoms with E-state index in [4.69, 9.17) is 11.6 Å². The van der Waals surface area contributed by atoms with Crippen LogP contribution in [0.25, 0.3) is 0 Å². The van der Waals surface area contributed by atoms with Crippen LogP contribution in [0.1, 0.15) is 31.2 Å². The number of rotatable bonds is 3. The maximum absolute atomic E-state index is 9.41. The molecule has 0 spiro atoms. The van der Waals surface area contributed by atoms with Crippen LogP contribution in [0, 0.1) is 5.41 Å². The zero-order chi connectivity index (χ0) is 10.7. The molecule has 0 amide bonds. The Morgan fingerprint density at radius 1 is 1.27 bits per heavy atom. The van der Waals surface area contributed by atoms with Gasteiger partial charge in [0.2, 0.25) is 0 Å². The zero-order valence-electron chi connectivity index (χ0n) is 8.88. The van der Waals surface area contributed by atoms with Crippen molar-refractivity contribution in [2.45, 2.75) is 32.1 Å². The van der Waals surface area contributed by atoms with E-state index in [2.05, 4.69) is 6.07 Å². The molecule has 0 atom stereocenters. The van der Waals surface area contributed by atoms with Crippen molar-refractivity contribution in [2.24, 2.45) is 5.41 Å². The molecular weight excluding hydrogens is 208 g/mol. The van der Waals surface area contributed by atoms with E-state index in [1.807, 2.05) is 12.1 Å². The van der Waals surface area contributed by atoms with Gasteiger partial charge in [-0.15, -0.1) is 11.6 Å². The molecule has 2 rings (SSSR count). The molecule has 1 aliphatic rings. The van der Waals surface area contributed by atoms with Gasteiger partial charge < -0.3 is 5.11 Å². The summed E-state index contributed by atoms with van der Waals surface area (Å²) in [5, 5.41) is 9.41. The standard InChI is InChI=1S/C13H17ClO/c14-10-13(6-1-2-7-13)9-11-4-3-5-12(15)8-11/h3-5,8,15H,1-2,6-7,9-10H2. The number of halogens is 1. The molecule has 0 saturated heterocycles. The third kappa shape index (κ3) is 2.46. The molecule has 1 fully saturated rings. The first kappa shape index (κ1) is 10.8. The number of phenolic OH excluding ortho intramolecular Hbond substituents is 1. The summed E-state index contributed by atoms with van der Waals surface area (Å²) in [4.78, 5) is 0. The highest BCUT2D eigenvalue weighted by Gasteiger charge is 2.32. The van der Waals surface area contributed by atoms with E-state index in [-0.39, 0.29) is 5.41 Å². The Morgan fingerprint density at radius 2 is 2.00 bits per heavy atom. The number of aromatic hydroxyl groups is 1. The Labute approximate surface area is 96.1 Å². The van der Waals surface area contributed by atoms with E-state index in [1.54, 1.807) is 6.07 Å². The van der Waals surface area contributed by atoms with Crippen molar-refractivity contribution in [1.82, 2.24) is 0 Å². The summed E-state index contributed by atoms with van der Waals surface area (Å²) in [5.74, 6) is 1.10. The Bertz CT molecular complexity index is 329.